The van der Waals surface area contributed by atoms with Gasteiger partial charge in [-0.25, -0.2) is 13.2 Å². The number of hydrogen-bond donors (Lipinski definition) is 3. The first-order valence-corrected chi connectivity index (χ1v) is 13.6. The molecule has 0 aromatic heterocycles. The van der Waals surface area contributed by atoms with E-state index in [0.717, 1.165) is 23.6 Å². The normalized spacial score (nSPS) is 16.9. The minimum absolute atomic E-state index is 0.0178. The third kappa shape index (κ3) is 7.14. The molecule has 0 radical (unpaired) electrons. The molecule has 2 unspecified atom stereocenters. The molecule has 2 aromatic rings. The zero-order valence-electron chi connectivity index (χ0n) is 20.4. The lowest BCUT2D eigenvalue weighted by molar-refractivity contribution is -0.142. The van der Waals surface area contributed by atoms with Gasteiger partial charge in [0, 0.05) is 25.1 Å². The number of carbonyl (C=O) groups excluding carboxylic acids is 2. The van der Waals surface area contributed by atoms with Crippen LogP contribution in [0.5, 0.6) is 0 Å². The van der Waals surface area contributed by atoms with E-state index in [1.54, 1.807) is 42.5 Å². The molecule has 1 aliphatic heterocycles. The molecule has 0 saturated carbocycles. The van der Waals surface area contributed by atoms with E-state index in [-0.39, 0.29) is 23.8 Å². The second-order valence-electron chi connectivity index (χ2n) is 8.89. The summed E-state index contributed by atoms with van der Waals surface area (Å²) in [4.78, 5) is 37.0. The van der Waals surface area contributed by atoms with Crippen LogP contribution in [0.15, 0.2) is 59.5 Å². The van der Waals surface area contributed by atoms with Crippen LogP contribution in [0.25, 0.3) is 0 Å². The number of benzene rings is 2. The number of carboxylic acids is 1. The number of nitrogens with zero attached hydrogens (tertiary/aromatic N) is 1. The van der Waals surface area contributed by atoms with Crippen molar-refractivity contribution in [3.8, 4) is 0 Å². The molecule has 10 heteroatoms. The van der Waals surface area contributed by atoms with Crippen LogP contribution in [0.4, 0.5) is 5.69 Å². The van der Waals surface area contributed by atoms with Crippen LogP contribution in [0.3, 0.4) is 0 Å². The van der Waals surface area contributed by atoms with Crippen molar-refractivity contribution in [2.45, 2.75) is 68.8 Å². The van der Waals surface area contributed by atoms with Crippen molar-refractivity contribution in [3.63, 3.8) is 0 Å². The van der Waals surface area contributed by atoms with Gasteiger partial charge in [0.05, 0.1) is 4.90 Å². The summed E-state index contributed by atoms with van der Waals surface area (Å²) >= 11 is 0. The monoisotopic (exact) mass is 515 g/mol. The second kappa shape index (κ2) is 12.6. The average molecular weight is 516 g/mol. The lowest BCUT2D eigenvalue weighted by atomic mass is 10.0. The molecule has 0 aliphatic carbocycles. The van der Waals surface area contributed by atoms with E-state index in [1.165, 1.54) is 12.1 Å². The van der Waals surface area contributed by atoms with Crippen molar-refractivity contribution in [1.29, 1.82) is 0 Å². The zero-order valence-corrected chi connectivity index (χ0v) is 21.2. The quantitative estimate of drug-likeness (QED) is 0.372. The third-order valence-corrected chi connectivity index (χ3v) is 8.08. The first kappa shape index (κ1) is 27.3. The molecule has 0 spiro atoms. The Kier molecular flexibility index (Phi) is 9.60. The molecule has 2 aromatic carbocycles. The second-order valence-corrected chi connectivity index (χ2v) is 10.8. The number of carbonyl (C=O) groups is 3. The topological polar surface area (TPSA) is 133 Å². The molecule has 2 atom stereocenters. The van der Waals surface area contributed by atoms with E-state index in [4.69, 9.17) is 0 Å². The maximum atomic E-state index is 13.0. The molecule has 3 N–H and O–H groups in total. The molecule has 194 valence electrons. The lowest BCUT2D eigenvalue weighted by Gasteiger charge is -2.25. The van der Waals surface area contributed by atoms with Crippen molar-refractivity contribution in [1.82, 2.24) is 9.62 Å². The summed E-state index contributed by atoms with van der Waals surface area (Å²) in [5, 5.41) is 15.0. The summed E-state index contributed by atoms with van der Waals surface area (Å²) in [6.45, 7) is 2.26. The molecule has 1 saturated heterocycles. The van der Waals surface area contributed by atoms with Gasteiger partial charge < -0.3 is 15.7 Å². The van der Waals surface area contributed by atoms with Crippen LogP contribution >= 0.6 is 0 Å². The Morgan fingerprint density at radius 2 is 1.75 bits per heavy atom. The van der Waals surface area contributed by atoms with Crippen LogP contribution in [0, 0.1) is 0 Å². The van der Waals surface area contributed by atoms with Crippen molar-refractivity contribution in [3.05, 3.63) is 60.2 Å². The fourth-order valence-corrected chi connectivity index (χ4v) is 5.88. The van der Waals surface area contributed by atoms with Gasteiger partial charge >= 0.3 is 5.97 Å². The average Bonchev–Trinajstić information content (AvgIpc) is 3.37. The summed E-state index contributed by atoms with van der Waals surface area (Å²) < 4.78 is 27.2. The molecule has 1 fully saturated rings. The van der Waals surface area contributed by atoms with Crippen molar-refractivity contribution in [2.24, 2.45) is 0 Å². The van der Waals surface area contributed by atoms with E-state index < -0.39 is 34.0 Å². The minimum atomic E-state index is -3.88. The van der Waals surface area contributed by atoms with E-state index in [1.807, 2.05) is 0 Å². The molecule has 0 bridgehead atoms. The van der Waals surface area contributed by atoms with Gasteiger partial charge in [-0.05, 0) is 49.1 Å². The summed E-state index contributed by atoms with van der Waals surface area (Å²) in [7, 11) is -3.88. The first-order chi connectivity index (χ1) is 17.2. The predicted octanol–water partition coefficient (Wildman–Crippen LogP) is 3.17. The number of amides is 2. The molecule has 9 nitrogen and oxygen atoms in total. The van der Waals surface area contributed by atoms with E-state index in [0.29, 0.717) is 30.5 Å². The third-order valence-electron chi connectivity index (χ3n) is 6.16. The van der Waals surface area contributed by atoms with Gasteiger partial charge in [0.15, 0.2) is 0 Å². The number of hydrogen-bond acceptors (Lipinski definition) is 5. The predicted molar refractivity (Wildman–Crippen MR) is 136 cm³/mol. The van der Waals surface area contributed by atoms with Gasteiger partial charge in [-0.1, -0.05) is 50.1 Å². The fourth-order valence-electron chi connectivity index (χ4n) is 4.20. The Morgan fingerprint density at radius 1 is 1.06 bits per heavy atom. The maximum absolute atomic E-state index is 13.0. The smallest absolute Gasteiger partial charge is 0.326 e. The Balaban J connectivity index is 1.63. The van der Waals surface area contributed by atoms with Crippen LogP contribution in [-0.2, 0) is 30.8 Å². The lowest BCUT2D eigenvalue weighted by Crippen LogP contribution is -2.51. The molecular formula is C26H33N3O6S. The Hall–Kier alpha value is -3.24. The number of unbranched alkanes of at least 4 members (excludes halogenated alkanes) is 2. The van der Waals surface area contributed by atoms with Crippen LogP contribution in [0.1, 0.15) is 51.0 Å². The van der Waals surface area contributed by atoms with Crippen molar-refractivity contribution in [2.75, 3.05) is 11.9 Å². The SMILES string of the molecule is CCCCCC(=O)Nc1ccc(CC(NC(=O)C2CCCN2S(=O)(=O)c2ccccc2)C(=O)O)cc1. The van der Waals surface area contributed by atoms with Gasteiger partial charge in [0.25, 0.3) is 0 Å². The molecular weight excluding hydrogens is 482 g/mol. The molecule has 2 amide bonds. The van der Waals surface area contributed by atoms with Gasteiger partial charge in [-0.3, -0.25) is 9.59 Å². The molecule has 1 heterocycles. The van der Waals surface area contributed by atoms with Gasteiger partial charge in [-0.2, -0.15) is 4.31 Å². The number of sulfonamides is 1. The van der Waals surface area contributed by atoms with Gasteiger partial charge in [0.2, 0.25) is 21.8 Å². The number of nitrogens with one attached hydrogen (secondary N) is 2. The van der Waals surface area contributed by atoms with Crippen molar-refractivity contribution >= 4 is 33.5 Å². The van der Waals surface area contributed by atoms with Crippen molar-refractivity contribution < 1.29 is 27.9 Å². The minimum Gasteiger partial charge on any atom is -0.480 e. The highest BCUT2D eigenvalue weighted by Gasteiger charge is 2.40. The summed E-state index contributed by atoms with van der Waals surface area (Å²) in [5.74, 6) is -1.92. The fraction of sp³-hybridized carbons (Fsp3) is 0.423. The van der Waals surface area contributed by atoms with Gasteiger partial charge in [0.1, 0.15) is 12.1 Å². The number of rotatable bonds is 12. The number of aliphatic carboxylic acids is 1. The van der Waals surface area contributed by atoms with Gasteiger partial charge in [-0.15, -0.1) is 0 Å². The molecule has 3 rings (SSSR count). The summed E-state index contributed by atoms with van der Waals surface area (Å²) in [6.07, 6.45) is 4.14. The van der Waals surface area contributed by atoms with Crippen LogP contribution in [-0.4, -0.2) is 54.2 Å². The maximum Gasteiger partial charge on any atom is 0.326 e. The van der Waals surface area contributed by atoms with Crippen LogP contribution in [0.2, 0.25) is 0 Å². The summed E-state index contributed by atoms with van der Waals surface area (Å²) in [6, 6.07) is 12.5. The zero-order chi connectivity index (χ0) is 26.1. The first-order valence-electron chi connectivity index (χ1n) is 12.2. The highest BCUT2D eigenvalue weighted by Crippen LogP contribution is 2.26. The van der Waals surface area contributed by atoms with E-state index >= 15 is 0 Å². The highest BCUT2D eigenvalue weighted by atomic mass is 32.2. The number of anilines is 1. The van der Waals surface area contributed by atoms with E-state index in [9.17, 15) is 27.9 Å². The Morgan fingerprint density at radius 3 is 2.39 bits per heavy atom. The Bertz CT molecular complexity index is 1150. The molecule has 36 heavy (non-hydrogen) atoms. The van der Waals surface area contributed by atoms with E-state index in [2.05, 4.69) is 17.6 Å². The molecule has 1 aliphatic rings. The standard InChI is InChI=1S/C26H33N3O6S/c1-2-3-5-12-24(30)27-20-15-13-19(14-16-20)18-22(26(32)33)28-25(31)23-11-8-17-29(23)36(34,35)21-9-6-4-7-10-21/h4,6-7,9-10,13-16,22-23H,2-3,5,8,11-12,17-18H2,1H3,(H,27,30)(H,28,31)(H,32,33). The highest BCUT2D eigenvalue weighted by molar-refractivity contribution is 7.89. The number of carboxylic acid groups (broad SMARTS) is 1. The van der Waals surface area contributed by atoms with Crippen LogP contribution < -0.4 is 10.6 Å². The Labute approximate surface area is 211 Å². The largest absolute Gasteiger partial charge is 0.480 e. The summed E-state index contributed by atoms with van der Waals surface area (Å²) in [5.41, 5.74) is 1.27.